The first-order valence-corrected chi connectivity index (χ1v) is 7.46. The van der Waals surface area contributed by atoms with Gasteiger partial charge in [0.15, 0.2) is 12.4 Å². The predicted molar refractivity (Wildman–Crippen MR) is 88.5 cm³/mol. The Morgan fingerprint density at radius 2 is 1.92 bits per heavy atom. The van der Waals surface area contributed by atoms with Gasteiger partial charge in [0.1, 0.15) is 5.76 Å². The van der Waals surface area contributed by atoms with Gasteiger partial charge in [-0.1, -0.05) is 47.6 Å². The molecule has 0 radical (unpaired) electrons. The van der Waals surface area contributed by atoms with Crippen molar-refractivity contribution in [1.29, 1.82) is 0 Å². The van der Waals surface area contributed by atoms with Crippen LogP contribution in [0.5, 0.6) is 0 Å². The number of carbonyl (C=O) groups excluding carboxylic acids is 2. The molecule has 0 fully saturated rings. The molecule has 3 aromatic rings. The summed E-state index contributed by atoms with van der Waals surface area (Å²) >= 11 is 0. The van der Waals surface area contributed by atoms with Crippen LogP contribution in [0, 0.1) is 6.92 Å². The van der Waals surface area contributed by atoms with Gasteiger partial charge in [0.05, 0.1) is 6.42 Å². The highest BCUT2D eigenvalue weighted by atomic mass is 16.5. The van der Waals surface area contributed by atoms with Crippen LogP contribution in [0.3, 0.4) is 0 Å². The van der Waals surface area contributed by atoms with E-state index in [1.165, 1.54) is 0 Å². The zero-order chi connectivity index (χ0) is 16.9. The van der Waals surface area contributed by atoms with Gasteiger partial charge in [0.2, 0.25) is 0 Å². The number of esters is 1. The average molecular weight is 324 g/mol. The number of carbonyl (C=O) groups is 2. The molecule has 2 aromatic carbocycles. The third-order valence-electron chi connectivity index (χ3n) is 3.42. The van der Waals surface area contributed by atoms with E-state index in [2.05, 4.69) is 10.5 Å². The van der Waals surface area contributed by atoms with Gasteiger partial charge in [-0.15, -0.1) is 0 Å². The molecule has 1 aromatic heterocycles. The van der Waals surface area contributed by atoms with Gasteiger partial charge in [-0.3, -0.25) is 9.59 Å². The molecule has 0 aliphatic rings. The maximum Gasteiger partial charge on any atom is 0.310 e. The van der Waals surface area contributed by atoms with Crippen LogP contribution in [0.15, 0.2) is 53.1 Å². The molecule has 3 rings (SSSR count). The summed E-state index contributed by atoms with van der Waals surface area (Å²) in [7, 11) is 0. The molecule has 0 unspecified atom stereocenters. The zero-order valence-corrected chi connectivity index (χ0v) is 13.1. The standard InChI is InChI=1S/C18H16N2O4/c1-12-8-16(20-24-12)19-17(21)11-23-18(22)10-13-6-7-14-4-2-3-5-15(14)9-13/h2-9H,10-11H2,1H3,(H,19,20,21). The Hall–Kier alpha value is -3.15. The van der Waals surface area contributed by atoms with Crippen molar-refractivity contribution >= 4 is 28.5 Å². The van der Waals surface area contributed by atoms with Crippen LogP contribution in [0.25, 0.3) is 10.8 Å². The van der Waals surface area contributed by atoms with E-state index in [0.717, 1.165) is 16.3 Å². The maximum absolute atomic E-state index is 11.9. The van der Waals surface area contributed by atoms with Gasteiger partial charge < -0.3 is 14.6 Å². The molecular formula is C18H16N2O4. The fraction of sp³-hybridized carbons (Fsp3) is 0.167. The molecule has 0 saturated carbocycles. The number of fused-ring (bicyclic) bond motifs is 1. The average Bonchev–Trinajstić information content (AvgIpc) is 2.98. The van der Waals surface area contributed by atoms with E-state index < -0.39 is 11.9 Å². The van der Waals surface area contributed by atoms with Crippen molar-refractivity contribution in [3.05, 3.63) is 59.9 Å². The number of benzene rings is 2. The van der Waals surface area contributed by atoms with Crippen molar-refractivity contribution in [3.8, 4) is 0 Å². The second-order valence-corrected chi connectivity index (χ2v) is 5.39. The lowest BCUT2D eigenvalue weighted by molar-refractivity contribution is -0.146. The molecule has 0 bridgehead atoms. The minimum absolute atomic E-state index is 0.112. The van der Waals surface area contributed by atoms with Crippen LogP contribution in [0.2, 0.25) is 0 Å². The molecule has 122 valence electrons. The van der Waals surface area contributed by atoms with Crippen LogP contribution in [0.4, 0.5) is 5.82 Å². The van der Waals surface area contributed by atoms with Gasteiger partial charge in [0, 0.05) is 6.07 Å². The lowest BCUT2D eigenvalue weighted by Gasteiger charge is -2.06. The van der Waals surface area contributed by atoms with E-state index in [4.69, 9.17) is 9.26 Å². The van der Waals surface area contributed by atoms with Gasteiger partial charge in [-0.2, -0.15) is 0 Å². The van der Waals surface area contributed by atoms with Crippen molar-refractivity contribution in [1.82, 2.24) is 5.16 Å². The molecule has 0 spiro atoms. The number of nitrogens with zero attached hydrogens (tertiary/aromatic N) is 1. The minimum Gasteiger partial charge on any atom is -0.455 e. The lowest BCUT2D eigenvalue weighted by Crippen LogP contribution is -2.21. The normalized spacial score (nSPS) is 10.5. The summed E-state index contributed by atoms with van der Waals surface area (Å²) in [5.74, 6) is -0.0476. The van der Waals surface area contributed by atoms with Crippen molar-refractivity contribution in [2.24, 2.45) is 0 Å². The number of hydrogen-bond acceptors (Lipinski definition) is 5. The highest BCUT2D eigenvalue weighted by molar-refractivity contribution is 5.92. The van der Waals surface area contributed by atoms with E-state index in [-0.39, 0.29) is 13.0 Å². The molecule has 0 aliphatic heterocycles. The fourth-order valence-corrected chi connectivity index (χ4v) is 2.32. The Morgan fingerprint density at radius 3 is 2.67 bits per heavy atom. The quantitative estimate of drug-likeness (QED) is 0.730. The maximum atomic E-state index is 11.9. The molecule has 1 heterocycles. The van der Waals surface area contributed by atoms with Crippen molar-refractivity contribution < 1.29 is 18.8 Å². The number of ether oxygens (including phenoxy) is 1. The van der Waals surface area contributed by atoms with Crippen LogP contribution >= 0.6 is 0 Å². The first kappa shape index (κ1) is 15.7. The largest absolute Gasteiger partial charge is 0.455 e. The number of aromatic nitrogens is 1. The molecule has 1 amide bonds. The monoisotopic (exact) mass is 324 g/mol. The Balaban J connectivity index is 1.52. The molecule has 0 saturated heterocycles. The van der Waals surface area contributed by atoms with Gasteiger partial charge in [-0.25, -0.2) is 0 Å². The van der Waals surface area contributed by atoms with Crippen LogP contribution in [-0.4, -0.2) is 23.6 Å². The summed E-state index contributed by atoms with van der Waals surface area (Å²) in [6.45, 7) is 1.35. The van der Waals surface area contributed by atoms with Gasteiger partial charge in [0.25, 0.3) is 5.91 Å². The van der Waals surface area contributed by atoms with Crippen LogP contribution in [-0.2, 0) is 20.7 Å². The Labute approximate surface area is 138 Å². The number of hydrogen-bond donors (Lipinski definition) is 1. The highest BCUT2D eigenvalue weighted by Gasteiger charge is 2.11. The van der Waals surface area contributed by atoms with Crippen LogP contribution in [0.1, 0.15) is 11.3 Å². The molecule has 6 nitrogen and oxygen atoms in total. The third kappa shape index (κ3) is 3.98. The highest BCUT2D eigenvalue weighted by Crippen LogP contribution is 2.16. The number of aryl methyl sites for hydroxylation is 1. The van der Waals surface area contributed by atoms with Crippen molar-refractivity contribution in [3.63, 3.8) is 0 Å². The number of amides is 1. The van der Waals surface area contributed by atoms with E-state index in [1.807, 2.05) is 42.5 Å². The third-order valence-corrected chi connectivity index (χ3v) is 3.42. The summed E-state index contributed by atoms with van der Waals surface area (Å²) in [6.07, 6.45) is 0.112. The lowest BCUT2D eigenvalue weighted by atomic mass is 10.1. The second kappa shape index (κ2) is 6.95. The molecular weight excluding hydrogens is 308 g/mol. The van der Waals surface area contributed by atoms with E-state index in [9.17, 15) is 9.59 Å². The molecule has 1 N–H and O–H groups in total. The Morgan fingerprint density at radius 1 is 1.12 bits per heavy atom. The summed E-state index contributed by atoms with van der Waals surface area (Å²) in [5, 5.41) is 8.28. The minimum atomic E-state index is -0.463. The molecule has 0 aliphatic carbocycles. The summed E-state index contributed by atoms with van der Waals surface area (Å²) < 4.78 is 9.82. The molecule has 6 heteroatoms. The number of anilines is 1. The Kier molecular flexibility index (Phi) is 4.56. The zero-order valence-electron chi connectivity index (χ0n) is 13.1. The van der Waals surface area contributed by atoms with E-state index >= 15 is 0 Å². The van der Waals surface area contributed by atoms with Gasteiger partial charge in [-0.05, 0) is 23.3 Å². The summed E-state index contributed by atoms with van der Waals surface area (Å²) in [6, 6.07) is 15.2. The first-order valence-electron chi connectivity index (χ1n) is 7.46. The first-order chi connectivity index (χ1) is 11.6. The smallest absolute Gasteiger partial charge is 0.310 e. The number of nitrogens with one attached hydrogen (secondary N) is 1. The fourth-order valence-electron chi connectivity index (χ4n) is 2.32. The number of rotatable bonds is 5. The van der Waals surface area contributed by atoms with Crippen molar-refractivity contribution in [2.75, 3.05) is 11.9 Å². The second-order valence-electron chi connectivity index (χ2n) is 5.39. The Bertz CT molecular complexity index is 885. The van der Waals surface area contributed by atoms with Gasteiger partial charge >= 0.3 is 5.97 Å². The SMILES string of the molecule is Cc1cc(NC(=O)COC(=O)Cc2ccc3ccccc3c2)no1. The predicted octanol–water partition coefficient (Wildman–Crippen LogP) is 2.86. The molecule has 0 atom stereocenters. The van der Waals surface area contributed by atoms with Crippen LogP contribution < -0.4 is 5.32 Å². The molecule has 24 heavy (non-hydrogen) atoms. The topological polar surface area (TPSA) is 81.4 Å². The van der Waals surface area contributed by atoms with E-state index in [0.29, 0.717) is 11.6 Å². The summed E-state index contributed by atoms with van der Waals surface area (Å²) in [4.78, 5) is 23.6. The van der Waals surface area contributed by atoms with E-state index in [1.54, 1.807) is 13.0 Å². The summed E-state index contributed by atoms with van der Waals surface area (Å²) in [5.41, 5.74) is 0.839. The van der Waals surface area contributed by atoms with Crippen molar-refractivity contribution in [2.45, 2.75) is 13.3 Å².